The van der Waals surface area contributed by atoms with Crippen molar-refractivity contribution >= 4 is 95.1 Å². The lowest BCUT2D eigenvalue weighted by atomic mass is 9.70. The molecular weight excluding hydrogens is 1260 g/mol. The van der Waals surface area contributed by atoms with Gasteiger partial charge in [-0.15, -0.1) is 0 Å². The summed E-state index contributed by atoms with van der Waals surface area (Å²) < 4.78 is 132. The van der Waals surface area contributed by atoms with Crippen LogP contribution < -0.4 is 0 Å². The highest BCUT2D eigenvalue weighted by Gasteiger charge is 2.69. The Kier molecular flexibility index (Phi) is 14.0. The van der Waals surface area contributed by atoms with E-state index in [1.807, 2.05) is 55.4 Å². The van der Waals surface area contributed by atoms with Crippen molar-refractivity contribution in [2.75, 3.05) is 49.2 Å². The summed E-state index contributed by atoms with van der Waals surface area (Å²) >= 11 is 7.49. The summed E-state index contributed by atoms with van der Waals surface area (Å²) in [6.45, 7) is 13.1. The van der Waals surface area contributed by atoms with Gasteiger partial charge in [0, 0.05) is 109 Å². The van der Waals surface area contributed by atoms with E-state index < -0.39 is 106 Å². The number of benzene rings is 2. The molecule has 0 spiro atoms. The highest BCUT2D eigenvalue weighted by atomic mass is 79.9. The summed E-state index contributed by atoms with van der Waals surface area (Å²) in [5, 5.41) is 0. The molecule has 2 aliphatic heterocycles. The zero-order valence-electron chi connectivity index (χ0n) is 48.7. The predicted molar refractivity (Wildman–Crippen MR) is 318 cm³/mol. The van der Waals surface area contributed by atoms with Crippen molar-refractivity contribution in [3.05, 3.63) is 55.5 Å². The molecule has 0 saturated heterocycles. The van der Waals surface area contributed by atoms with E-state index in [2.05, 4.69) is 31.9 Å². The Bertz CT molecular complexity index is 3180. The Morgan fingerprint density at radius 2 is 0.573 bits per heavy atom. The summed E-state index contributed by atoms with van der Waals surface area (Å²) in [5.41, 5.74) is -4.73. The lowest BCUT2D eigenvalue weighted by Gasteiger charge is -2.40. The Hall–Kier alpha value is -2.28. The first-order chi connectivity index (χ1) is 37.9. The topological polar surface area (TPSA) is 218 Å². The van der Waals surface area contributed by atoms with E-state index in [0.717, 1.165) is 0 Å². The van der Waals surface area contributed by atoms with Gasteiger partial charge < -0.3 is 0 Å². The number of hydrogen-bond donors (Lipinski definition) is 0. The zero-order chi connectivity index (χ0) is 59.3. The van der Waals surface area contributed by atoms with Gasteiger partial charge in [0.2, 0.25) is 40.1 Å². The number of carbonyl (C=O) groups excluding carboxylic acids is 4. The van der Waals surface area contributed by atoms with Gasteiger partial charge in [-0.3, -0.25) is 19.2 Å². The van der Waals surface area contributed by atoms with Crippen LogP contribution in [-0.2, 0) is 85.5 Å². The van der Waals surface area contributed by atoms with E-state index >= 15 is 33.7 Å². The number of Topliss-reactive ketones (excluding diaryl/α,β-unsaturated/α-hetero) is 4. The van der Waals surface area contributed by atoms with Gasteiger partial charge in [-0.1, -0.05) is 87.2 Å². The molecule has 0 unspecified atom stereocenters. The number of fused-ring (bicyclic) bond motifs is 8. The third-order valence-electron chi connectivity index (χ3n) is 25.2. The summed E-state index contributed by atoms with van der Waals surface area (Å²) in [7, 11) is -17.8. The summed E-state index contributed by atoms with van der Waals surface area (Å²) in [6.07, 6.45) is 5.45. The average molecular weight is 1340 g/mol. The molecule has 2 aromatic carbocycles. The number of carbonyl (C=O) groups is 4. The molecule has 22 heteroatoms. The van der Waals surface area contributed by atoms with Gasteiger partial charge in [-0.2, -0.15) is 17.2 Å². The number of nitrogens with zero attached hydrogens (tertiary/aromatic N) is 4. The predicted octanol–water partition coefficient (Wildman–Crippen LogP) is 9.01. The van der Waals surface area contributed by atoms with Crippen LogP contribution >= 0.6 is 31.9 Å². The van der Waals surface area contributed by atoms with Gasteiger partial charge in [0.15, 0.2) is 0 Å². The number of ketones is 4. The molecule has 8 fully saturated rings. The van der Waals surface area contributed by atoms with E-state index in [9.17, 15) is 19.2 Å². The highest BCUT2D eigenvalue weighted by Crippen LogP contribution is 2.68. The molecule has 0 N–H and O–H groups in total. The van der Waals surface area contributed by atoms with Crippen molar-refractivity contribution in [3.8, 4) is 11.1 Å². The van der Waals surface area contributed by atoms with Gasteiger partial charge in [0.25, 0.3) is 0 Å². The molecule has 0 aromatic heterocycles. The molecule has 8 bridgehead atoms. The standard InChI is InChI=1S/C60H80Br2N4O12S4/c1-53(2)41-9-13-57(53,47(67)25-41)33-79(71,72)63-17-18-64(80(73,74)34-58-14-10-42(26-48(58)68)54(58,3)4)30-39-23-46(62)24-40-32-66(82(77,78)36-60-16-12-44(28-50(60)70)56(60,7)8)20-19-65(31-38-22-45(61)21-37(29-63)51(38)52(39)40)81(75,76)35-59-15-11-43(27-49(59)69)55(59,5)6/h21-24,41-44H,9-20,25-36H2,1-8H3/t41-,42-,43-,44-,57-,58-,59-,60-/m1/s1. The van der Waals surface area contributed by atoms with Crippen molar-refractivity contribution in [2.24, 2.45) is 67.0 Å². The molecule has 450 valence electrons. The van der Waals surface area contributed by atoms with Crippen LogP contribution in [0.1, 0.15) is 155 Å². The van der Waals surface area contributed by atoms with Crippen molar-refractivity contribution in [2.45, 2.75) is 159 Å². The third-order valence-corrected chi connectivity index (χ3v) is 34.0. The third kappa shape index (κ3) is 8.52. The van der Waals surface area contributed by atoms with E-state index in [0.29, 0.717) is 93.7 Å². The summed E-state index contributed by atoms with van der Waals surface area (Å²) in [4.78, 5) is 56.5. The molecule has 12 rings (SSSR count). The molecule has 0 amide bonds. The van der Waals surface area contributed by atoms with Gasteiger partial charge in [-0.05, 0) is 154 Å². The van der Waals surface area contributed by atoms with E-state index in [4.69, 9.17) is 0 Å². The first-order valence-electron chi connectivity index (χ1n) is 29.6. The maximum absolute atomic E-state index is 15.7. The number of rotatable bonds is 12. The normalized spacial score (nSPS) is 35.3. The van der Waals surface area contributed by atoms with Crippen LogP contribution in [0.3, 0.4) is 0 Å². The van der Waals surface area contributed by atoms with Crippen LogP contribution in [0.4, 0.5) is 0 Å². The summed E-state index contributed by atoms with van der Waals surface area (Å²) in [5.74, 6) is -2.36. The Morgan fingerprint density at radius 3 is 0.732 bits per heavy atom. The minimum Gasteiger partial charge on any atom is -0.299 e. The fraction of sp³-hybridized carbons (Fsp3) is 0.733. The van der Waals surface area contributed by atoms with Crippen LogP contribution in [0.15, 0.2) is 33.2 Å². The smallest absolute Gasteiger partial charge is 0.215 e. The zero-order valence-corrected chi connectivity index (χ0v) is 55.1. The molecule has 2 heterocycles. The monoisotopic (exact) mass is 1330 g/mol. The van der Waals surface area contributed by atoms with Crippen molar-refractivity contribution in [1.29, 1.82) is 0 Å². The first kappa shape index (κ1) is 60.0. The molecular formula is C60H80Br2N4O12S4. The molecule has 0 radical (unpaired) electrons. The van der Waals surface area contributed by atoms with E-state index in [1.165, 1.54) is 17.2 Å². The van der Waals surface area contributed by atoms with Crippen LogP contribution in [0.2, 0.25) is 0 Å². The van der Waals surface area contributed by atoms with Gasteiger partial charge >= 0.3 is 0 Å². The Balaban J connectivity index is 1.06. The molecule has 2 aromatic rings. The molecule has 8 aliphatic carbocycles. The number of hydrogen-bond acceptors (Lipinski definition) is 12. The number of halogens is 2. The number of sulfonamides is 4. The van der Waals surface area contributed by atoms with Gasteiger partial charge in [0.05, 0.1) is 23.0 Å². The van der Waals surface area contributed by atoms with Crippen molar-refractivity contribution in [3.63, 3.8) is 0 Å². The lowest BCUT2D eigenvalue weighted by molar-refractivity contribution is -0.128. The van der Waals surface area contributed by atoms with Crippen LogP contribution in [0.25, 0.3) is 11.1 Å². The minimum absolute atomic E-state index is 0.00840. The largest absolute Gasteiger partial charge is 0.299 e. The molecule has 8 atom stereocenters. The van der Waals surface area contributed by atoms with Crippen molar-refractivity contribution < 1.29 is 52.8 Å². The van der Waals surface area contributed by atoms with Crippen LogP contribution in [0, 0.1) is 67.0 Å². The van der Waals surface area contributed by atoms with Crippen molar-refractivity contribution in [1.82, 2.24) is 17.2 Å². The Morgan fingerprint density at radius 1 is 0.378 bits per heavy atom. The fourth-order valence-electron chi connectivity index (χ4n) is 19.1. The second kappa shape index (κ2) is 19.1. The quantitative estimate of drug-likeness (QED) is 0.194. The average Bonchev–Trinajstić information content (AvgIpc) is 1.74. The van der Waals surface area contributed by atoms with E-state index in [-0.39, 0.29) is 125 Å². The van der Waals surface area contributed by atoms with E-state index in [1.54, 1.807) is 24.3 Å². The maximum Gasteiger partial charge on any atom is 0.215 e. The Labute approximate surface area is 502 Å². The molecule has 82 heavy (non-hydrogen) atoms. The maximum atomic E-state index is 15.7. The van der Waals surface area contributed by atoms with Gasteiger partial charge in [-0.25, -0.2) is 33.7 Å². The lowest BCUT2D eigenvalue weighted by Crippen LogP contribution is -2.50. The molecule has 8 saturated carbocycles. The second-order valence-electron chi connectivity index (χ2n) is 29.2. The minimum atomic E-state index is -4.45. The SMILES string of the molecule is CC1(C)[C@@H]2CC[C@@]1(CS(=O)(=O)N1CCN(S(=O)(=O)C[C@]34CC[C@H](CC3=O)C4(C)C)Cc3cc(Br)cc4c3-c3c(cc(Br)cc3CN(S(=O)(=O)C[C@]35CC[C@H](CC3=O)C5(C)C)CCN(S(=O)(=O)C[C@]35CC[C@H](CC3=O)C5(C)C)C4)C1)C(=O)C2. The fourth-order valence-corrected chi connectivity index (χ4v) is 28.9. The summed E-state index contributed by atoms with van der Waals surface area (Å²) in [6, 6.07) is 7.13. The van der Waals surface area contributed by atoms with Gasteiger partial charge in [0.1, 0.15) is 23.1 Å². The molecule has 16 nitrogen and oxygen atoms in total. The van der Waals surface area contributed by atoms with Crippen LogP contribution in [0.5, 0.6) is 0 Å². The first-order valence-corrected chi connectivity index (χ1v) is 37.6. The highest BCUT2D eigenvalue weighted by molar-refractivity contribution is 9.10. The van der Waals surface area contributed by atoms with Crippen LogP contribution in [-0.4, -0.2) is 123 Å². The molecule has 10 aliphatic rings. The second-order valence-corrected chi connectivity index (χ2v) is 38.9.